The van der Waals surface area contributed by atoms with Gasteiger partial charge in [0.05, 0.1) is 0 Å². The molecule has 0 saturated carbocycles. The van der Waals surface area contributed by atoms with Crippen LogP contribution < -0.4 is 5.19 Å². The smallest absolute Gasteiger partial charge is 0.230 e. The molecule has 1 fully saturated rings. The van der Waals surface area contributed by atoms with Gasteiger partial charge in [-0.25, -0.2) is 0 Å². The Hall–Kier alpha value is -2.98. The second-order valence-electron chi connectivity index (χ2n) is 9.95. The zero-order valence-electron chi connectivity index (χ0n) is 20.5. The van der Waals surface area contributed by atoms with Crippen LogP contribution in [0.5, 0.6) is 0 Å². The second-order valence-corrected chi connectivity index (χ2v) is 14.3. The molecule has 1 saturated heterocycles. The average molecular weight is 479 g/mol. The lowest BCUT2D eigenvalue weighted by atomic mass is 9.79. The Morgan fingerprint density at radius 1 is 0.657 bits per heavy atom. The van der Waals surface area contributed by atoms with Crippen LogP contribution in [0, 0.1) is 0 Å². The van der Waals surface area contributed by atoms with E-state index in [1.165, 1.54) is 5.19 Å². The van der Waals surface area contributed by atoms with Crippen molar-refractivity contribution >= 4 is 13.5 Å². The molecule has 4 aromatic carbocycles. The molecule has 5 rings (SSSR count). The summed E-state index contributed by atoms with van der Waals surface area (Å²) in [5.74, 6) is 0. The summed E-state index contributed by atoms with van der Waals surface area (Å²) in [4.78, 5) is 0. The molecule has 4 aromatic rings. The summed E-state index contributed by atoms with van der Waals surface area (Å²) >= 11 is 0. The summed E-state index contributed by atoms with van der Waals surface area (Å²) in [6.07, 6.45) is 1.75. The van der Waals surface area contributed by atoms with Gasteiger partial charge >= 0.3 is 0 Å². The lowest BCUT2D eigenvalue weighted by Crippen LogP contribution is -2.57. The molecule has 3 atom stereocenters. The number of hydrogen-bond acceptors (Lipinski definition) is 2. The van der Waals surface area contributed by atoms with Gasteiger partial charge in [0, 0.05) is 0 Å². The molecule has 0 amide bonds. The molecule has 178 valence electrons. The molecule has 3 heteroatoms. The van der Waals surface area contributed by atoms with Crippen molar-refractivity contribution in [3.63, 3.8) is 0 Å². The third kappa shape index (κ3) is 4.18. The van der Waals surface area contributed by atoms with E-state index in [2.05, 4.69) is 56.3 Å². The highest BCUT2D eigenvalue weighted by atomic mass is 28.4. The summed E-state index contributed by atoms with van der Waals surface area (Å²) < 4.78 is 7.56. The molecule has 35 heavy (non-hydrogen) atoms. The van der Waals surface area contributed by atoms with Gasteiger partial charge in [0.1, 0.15) is 11.7 Å². The monoisotopic (exact) mass is 478 g/mol. The predicted octanol–water partition coefficient (Wildman–Crippen LogP) is 7.11. The Kier molecular flexibility index (Phi) is 6.75. The van der Waals surface area contributed by atoms with Crippen LogP contribution in [-0.2, 0) is 10.0 Å². The van der Waals surface area contributed by atoms with E-state index in [9.17, 15) is 5.11 Å². The summed E-state index contributed by atoms with van der Waals surface area (Å²) in [7, 11) is -2.50. The first-order valence-electron chi connectivity index (χ1n) is 12.7. The molecule has 0 aliphatic carbocycles. The molecule has 1 aliphatic rings. The Morgan fingerprint density at radius 2 is 1.06 bits per heavy atom. The fourth-order valence-corrected chi connectivity index (χ4v) is 11.4. The van der Waals surface area contributed by atoms with Crippen molar-refractivity contribution < 1.29 is 9.53 Å². The lowest BCUT2D eigenvalue weighted by molar-refractivity contribution is -0.0429. The minimum absolute atomic E-state index is 0.446. The Balaban J connectivity index is 1.75. The maximum atomic E-state index is 12.9. The van der Waals surface area contributed by atoms with Crippen LogP contribution in [0.4, 0.5) is 0 Å². The predicted molar refractivity (Wildman–Crippen MR) is 146 cm³/mol. The highest BCUT2D eigenvalue weighted by molar-refractivity contribution is 6.89. The van der Waals surface area contributed by atoms with E-state index in [1.807, 2.05) is 78.9 Å². The van der Waals surface area contributed by atoms with Gasteiger partial charge in [-0.15, -0.1) is 0 Å². The van der Waals surface area contributed by atoms with E-state index in [1.54, 1.807) is 0 Å². The maximum Gasteiger partial charge on any atom is 0.230 e. The molecule has 0 aromatic heterocycles. The van der Waals surface area contributed by atoms with Gasteiger partial charge in [-0.2, -0.15) is 0 Å². The largest absolute Gasteiger partial charge is 0.401 e. The molecule has 2 nitrogen and oxygen atoms in total. The molecule has 1 heterocycles. The van der Waals surface area contributed by atoms with Crippen LogP contribution in [0.3, 0.4) is 0 Å². The summed E-state index contributed by atoms with van der Waals surface area (Å²) in [5.41, 5.74) is 2.23. The first kappa shape index (κ1) is 23.7. The number of aliphatic hydroxyl groups is 1. The standard InChI is InChI=1S/C32H34O2Si/c1-25-23-24-26(2)35(25,30-21-13-6-14-22-30)34-31(27-15-7-3-8-16-27)32(33,28-17-9-4-10-18-28)29-19-11-5-12-20-29/h3-22,25-26,31,33H,23-24H2,1-2H3/t25?,26?,31-,35?/m1/s1. The van der Waals surface area contributed by atoms with Crippen molar-refractivity contribution in [1.82, 2.24) is 0 Å². The quantitative estimate of drug-likeness (QED) is 0.287. The van der Waals surface area contributed by atoms with Gasteiger partial charge in [0.15, 0.2) is 0 Å². The second kappa shape index (κ2) is 9.94. The Labute approximate surface area is 210 Å². The van der Waals surface area contributed by atoms with Crippen molar-refractivity contribution in [2.24, 2.45) is 0 Å². The minimum Gasteiger partial charge on any atom is -0.401 e. The molecule has 0 bridgehead atoms. The van der Waals surface area contributed by atoms with Gasteiger partial charge in [-0.3, -0.25) is 0 Å². The van der Waals surface area contributed by atoms with Crippen LogP contribution in [0.1, 0.15) is 49.5 Å². The lowest BCUT2D eigenvalue weighted by Gasteiger charge is -2.45. The average Bonchev–Trinajstić information content (AvgIpc) is 3.22. The van der Waals surface area contributed by atoms with E-state index in [0.29, 0.717) is 11.1 Å². The van der Waals surface area contributed by atoms with Crippen LogP contribution in [0.15, 0.2) is 121 Å². The van der Waals surface area contributed by atoms with Crippen LogP contribution in [0.2, 0.25) is 11.1 Å². The van der Waals surface area contributed by atoms with Crippen molar-refractivity contribution in [1.29, 1.82) is 0 Å². The number of benzene rings is 4. The number of hydrogen-bond donors (Lipinski definition) is 1. The van der Waals surface area contributed by atoms with E-state index in [0.717, 1.165) is 29.5 Å². The number of rotatable bonds is 7. The minimum atomic E-state index is -2.50. The van der Waals surface area contributed by atoms with Gasteiger partial charge in [-0.1, -0.05) is 148 Å². The van der Waals surface area contributed by atoms with Crippen molar-refractivity contribution in [3.8, 4) is 0 Å². The zero-order chi connectivity index (χ0) is 24.3. The molecular weight excluding hydrogens is 444 g/mol. The third-order valence-electron chi connectivity index (χ3n) is 7.94. The van der Waals surface area contributed by atoms with Crippen LogP contribution in [-0.4, -0.2) is 13.4 Å². The highest BCUT2D eigenvalue weighted by Gasteiger charge is 2.56. The van der Waals surface area contributed by atoms with E-state index >= 15 is 0 Å². The molecule has 0 spiro atoms. The summed E-state index contributed by atoms with van der Waals surface area (Å²) in [5, 5.41) is 14.2. The Bertz CT molecular complexity index is 1160. The van der Waals surface area contributed by atoms with Gasteiger partial charge in [0.2, 0.25) is 8.32 Å². The topological polar surface area (TPSA) is 29.5 Å². The first-order chi connectivity index (χ1) is 17.1. The van der Waals surface area contributed by atoms with Crippen molar-refractivity contribution in [3.05, 3.63) is 138 Å². The molecule has 0 radical (unpaired) electrons. The first-order valence-corrected chi connectivity index (χ1v) is 14.7. The maximum absolute atomic E-state index is 12.9. The normalized spacial score (nSPS) is 23.2. The van der Waals surface area contributed by atoms with Gasteiger partial charge in [0.25, 0.3) is 0 Å². The van der Waals surface area contributed by atoms with Crippen molar-refractivity contribution in [2.75, 3.05) is 0 Å². The van der Waals surface area contributed by atoms with Crippen LogP contribution >= 0.6 is 0 Å². The highest BCUT2D eigenvalue weighted by Crippen LogP contribution is 2.52. The van der Waals surface area contributed by atoms with E-state index in [4.69, 9.17) is 4.43 Å². The summed E-state index contributed by atoms with van der Waals surface area (Å²) in [6.45, 7) is 4.71. The molecule has 1 aliphatic heterocycles. The molecule has 2 unspecified atom stereocenters. The molecule has 1 N–H and O–H groups in total. The molecular formula is C32H34O2Si. The van der Waals surface area contributed by atoms with E-state index < -0.39 is 20.0 Å². The zero-order valence-corrected chi connectivity index (χ0v) is 21.5. The fraction of sp³-hybridized carbons (Fsp3) is 0.250. The summed E-state index contributed by atoms with van der Waals surface area (Å²) in [6, 6.07) is 41.2. The van der Waals surface area contributed by atoms with E-state index in [-0.39, 0.29) is 0 Å². The Morgan fingerprint density at radius 3 is 1.51 bits per heavy atom. The van der Waals surface area contributed by atoms with Gasteiger partial charge in [-0.05, 0) is 33.0 Å². The van der Waals surface area contributed by atoms with Crippen molar-refractivity contribution in [2.45, 2.75) is 49.5 Å². The van der Waals surface area contributed by atoms with Gasteiger partial charge < -0.3 is 9.53 Å². The third-order valence-corrected chi connectivity index (χ3v) is 13.3. The SMILES string of the molecule is CC1CCC(C)[Si]1(O[C@H](c1ccccc1)C(O)(c1ccccc1)c1ccccc1)c1ccccc1. The van der Waals surface area contributed by atoms with Crippen LogP contribution in [0.25, 0.3) is 0 Å². The fourth-order valence-electron chi connectivity index (χ4n) is 6.05.